The molecule has 0 spiro atoms. The van der Waals surface area contributed by atoms with Crippen molar-refractivity contribution in [3.05, 3.63) is 77.1 Å². The number of nitrogens with zero attached hydrogens (tertiary/aromatic N) is 1. The molecule has 0 bridgehead atoms. The first-order valence-corrected chi connectivity index (χ1v) is 13.5. The molecule has 1 heterocycles. The van der Waals surface area contributed by atoms with Crippen LogP contribution in [0.3, 0.4) is 0 Å². The Labute approximate surface area is 226 Å². The molecule has 1 saturated carbocycles. The van der Waals surface area contributed by atoms with E-state index in [1.165, 1.54) is 32.6 Å². The third-order valence-electron chi connectivity index (χ3n) is 7.54. The molecule has 208 valence electrons. The Morgan fingerprint density at radius 1 is 0.974 bits per heavy atom. The molecule has 4 rings (SSSR count). The van der Waals surface area contributed by atoms with E-state index < -0.39 is 35.3 Å². The number of carbonyl (C=O) groups is 3. The predicted octanol–water partition coefficient (Wildman–Crippen LogP) is 5.24. The molecule has 6 nitrogen and oxygen atoms in total. The monoisotopic (exact) mass is 541 g/mol. The van der Waals surface area contributed by atoms with Crippen LogP contribution in [-0.2, 0) is 20.8 Å². The number of nitrogens with one attached hydrogen (secondary N) is 2. The van der Waals surface area contributed by atoms with Crippen LogP contribution in [0.2, 0.25) is 0 Å². The quantitative estimate of drug-likeness (QED) is 0.354. The molecule has 2 aromatic carbocycles. The number of piperidine rings is 1. The maximum Gasteiger partial charge on any atom is 0.247 e. The fraction of sp³-hybridized carbons (Fsp3) is 0.433. The normalized spacial score (nSPS) is 17.4. The minimum Gasteiger partial charge on any atom is -0.344 e. The summed E-state index contributed by atoms with van der Waals surface area (Å²) in [5.41, 5.74) is 1.65. The highest BCUT2D eigenvalue weighted by atomic mass is 19.2. The van der Waals surface area contributed by atoms with Crippen molar-refractivity contribution >= 4 is 23.4 Å². The van der Waals surface area contributed by atoms with Crippen LogP contribution in [-0.4, -0.2) is 41.8 Å². The summed E-state index contributed by atoms with van der Waals surface area (Å²) < 4.78 is 40.5. The van der Waals surface area contributed by atoms with E-state index in [2.05, 4.69) is 16.7 Å². The fourth-order valence-electron chi connectivity index (χ4n) is 5.39. The molecule has 1 saturated heterocycles. The standard InChI is InChI=1S/C30H34F3N3O3/c1-19(37)34-27(18-21-16-25(31)29(33)26(32)17-21)30(39)35-24-9-7-22(8-10-24)23-12-14-36(15-13-23)28(38)11-6-20-4-2-3-5-20/h6-11,16-17,20,23,27H,2-5,12-15,18H2,1H3,(H,34,37)(H,35,39)/b11-6+/t27-/m1/s1. The van der Waals surface area contributed by atoms with E-state index in [9.17, 15) is 27.6 Å². The zero-order valence-electron chi connectivity index (χ0n) is 22.0. The molecule has 9 heteroatoms. The summed E-state index contributed by atoms with van der Waals surface area (Å²) in [5, 5.41) is 5.20. The Balaban J connectivity index is 1.32. The Bertz CT molecular complexity index is 1190. The molecule has 3 amide bonds. The average molecular weight is 542 g/mol. The minimum atomic E-state index is -1.59. The molecule has 0 aromatic heterocycles. The van der Waals surface area contributed by atoms with Gasteiger partial charge in [0.1, 0.15) is 6.04 Å². The number of likely N-dealkylation sites (tertiary alicyclic amines) is 1. The maximum absolute atomic E-state index is 13.6. The van der Waals surface area contributed by atoms with Crippen molar-refractivity contribution in [2.24, 2.45) is 5.92 Å². The molecule has 2 aliphatic rings. The fourth-order valence-corrected chi connectivity index (χ4v) is 5.39. The number of amides is 3. The maximum atomic E-state index is 13.6. The average Bonchev–Trinajstić information content (AvgIpc) is 3.44. The summed E-state index contributed by atoms with van der Waals surface area (Å²) in [5.74, 6) is -4.46. The molecule has 1 aliphatic carbocycles. The number of rotatable bonds is 8. The highest BCUT2D eigenvalue weighted by molar-refractivity contribution is 5.97. The second kappa shape index (κ2) is 13.0. The van der Waals surface area contributed by atoms with Gasteiger partial charge in [-0.3, -0.25) is 14.4 Å². The number of hydrogen-bond donors (Lipinski definition) is 2. The van der Waals surface area contributed by atoms with Crippen molar-refractivity contribution in [1.29, 1.82) is 0 Å². The van der Waals surface area contributed by atoms with Gasteiger partial charge >= 0.3 is 0 Å². The zero-order chi connectivity index (χ0) is 27.9. The smallest absolute Gasteiger partial charge is 0.247 e. The zero-order valence-corrected chi connectivity index (χ0v) is 22.0. The van der Waals surface area contributed by atoms with Crippen molar-refractivity contribution in [3.8, 4) is 0 Å². The van der Waals surface area contributed by atoms with Gasteiger partial charge in [-0.1, -0.05) is 31.1 Å². The Kier molecular flexibility index (Phi) is 9.43. The van der Waals surface area contributed by atoms with Gasteiger partial charge in [-0.2, -0.15) is 0 Å². The molecular formula is C30H34F3N3O3. The molecule has 2 N–H and O–H groups in total. The lowest BCUT2D eigenvalue weighted by atomic mass is 9.89. The van der Waals surface area contributed by atoms with Gasteiger partial charge in [0.25, 0.3) is 0 Å². The lowest BCUT2D eigenvalue weighted by molar-refractivity contribution is -0.127. The van der Waals surface area contributed by atoms with Crippen molar-refractivity contribution in [2.45, 2.75) is 63.8 Å². The summed E-state index contributed by atoms with van der Waals surface area (Å²) in [6, 6.07) is 7.87. The van der Waals surface area contributed by atoms with Crippen LogP contribution in [0.1, 0.15) is 62.5 Å². The lowest BCUT2D eigenvalue weighted by Crippen LogP contribution is -2.44. The Morgan fingerprint density at radius 2 is 1.59 bits per heavy atom. The first-order valence-electron chi connectivity index (χ1n) is 13.5. The van der Waals surface area contributed by atoms with Gasteiger partial charge in [-0.25, -0.2) is 13.2 Å². The molecule has 0 radical (unpaired) electrons. The van der Waals surface area contributed by atoms with Crippen LogP contribution in [0.4, 0.5) is 18.9 Å². The first-order chi connectivity index (χ1) is 18.7. The van der Waals surface area contributed by atoms with E-state index in [-0.39, 0.29) is 17.9 Å². The summed E-state index contributed by atoms with van der Waals surface area (Å²) >= 11 is 0. The van der Waals surface area contributed by atoms with Gasteiger partial charge in [-0.15, -0.1) is 0 Å². The molecular weight excluding hydrogens is 507 g/mol. The number of benzene rings is 2. The van der Waals surface area contributed by atoms with Crippen LogP contribution in [0.5, 0.6) is 0 Å². The van der Waals surface area contributed by atoms with Crippen LogP contribution in [0.25, 0.3) is 0 Å². The van der Waals surface area contributed by atoms with Gasteiger partial charge in [-0.05, 0) is 79.0 Å². The van der Waals surface area contributed by atoms with Crippen LogP contribution < -0.4 is 10.6 Å². The number of carbonyl (C=O) groups excluding carboxylic acids is 3. The van der Waals surface area contributed by atoms with Crippen LogP contribution in [0.15, 0.2) is 48.6 Å². The molecule has 1 atom stereocenters. The summed E-state index contributed by atoms with van der Waals surface area (Å²) in [7, 11) is 0. The lowest BCUT2D eigenvalue weighted by Gasteiger charge is -2.31. The van der Waals surface area contributed by atoms with Gasteiger partial charge < -0.3 is 15.5 Å². The number of hydrogen-bond acceptors (Lipinski definition) is 3. The van der Waals surface area contributed by atoms with Gasteiger partial charge in [0.2, 0.25) is 17.7 Å². The van der Waals surface area contributed by atoms with E-state index in [4.69, 9.17) is 0 Å². The van der Waals surface area contributed by atoms with Crippen LogP contribution in [0, 0.1) is 23.4 Å². The second-order valence-electron chi connectivity index (χ2n) is 10.4. The molecule has 1 aliphatic heterocycles. The Morgan fingerprint density at radius 3 is 2.18 bits per heavy atom. The SMILES string of the molecule is CC(=O)N[C@H](Cc1cc(F)c(F)c(F)c1)C(=O)Nc1ccc(C2CCN(C(=O)/C=C/C3CCCC3)CC2)cc1. The number of anilines is 1. The molecule has 2 fully saturated rings. The molecule has 2 aromatic rings. The highest BCUT2D eigenvalue weighted by Crippen LogP contribution is 2.30. The molecule has 39 heavy (non-hydrogen) atoms. The topological polar surface area (TPSA) is 78.5 Å². The van der Waals surface area contributed by atoms with E-state index in [0.29, 0.717) is 30.6 Å². The van der Waals surface area contributed by atoms with E-state index >= 15 is 0 Å². The largest absolute Gasteiger partial charge is 0.344 e. The van der Waals surface area contributed by atoms with E-state index in [1.807, 2.05) is 17.0 Å². The van der Waals surface area contributed by atoms with Crippen molar-refractivity contribution in [3.63, 3.8) is 0 Å². The van der Waals surface area contributed by atoms with Crippen molar-refractivity contribution in [1.82, 2.24) is 10.2 Å². The molecule has 0 unspecified atom stereocenters. The third kappa shape index (κ3) is 7.71. The van der Waals surface area contributed by atoms with Crippen LogP contribution >= 0.6 is 0 Å². The van der Waals surface area contributed by atoms with Gasteiger partial charge in [0.05, 0.1) is 0 Å². The van der Waals surface area contributed by atoms with Gasteiger partial charge in [0.15, 0.2) is 17.5 Å². The number of halogens is 3. The summed E-state index contributed by atoms with van der Waals surface area (Å²) in [4.78, 5) is 39.0. The number of allylic oxidation sites excluding steroid dienone is 1. The third-order valence-corrected chi connectivity index (χ3v) is 7.54. The summed E-state index contributed by atoms with van der Waals surface area (Å²) in [6.07, 6.45) is 10.1. The van der Waals surface area contributed by atoms with Crippen molar-refractivity contribution < 1.29 is 27.6 Å². The predicted molar refractivity (Wildman–Crippen MR) is 142 cm³/mol. The Hall–Kier alpha value is -3.62. The van der Waals surface area contributed by atoms with Crippen molar-refractivity contribution in [2.75, 3.05) is 18.4 Å². The van der Waals surface area contributed by atoms with E-state index in [0.717, 1.165) is 30.5 Å². The van der Waals surface area contributed by atoms with E-state index in [1.54, 1.807) is 18.2 Å². The minimum absolute atomic E-state index is 0.0366. The summed E-state index contributed by atoms with van der Waals surface area (Å²) in [6.45, 7) is 2.62. The van der Waals surface area contributed by atoms with Gasteiger partial charge in [0, 0.05) is 32.1 Å². The first kappa shape index (κ1) is 28.4. The highest BCUT2D eigenvalue weighted by Gasteiger charge is 2.25. The second-order valence-corrected chi connectivity index (χ2v) is 10.4.